The van der Waals surface area contributed by atoms with Crippen LogP contribution in [0.25, 0.3) is 0 Å². The quantitative estimate of drug-likeness (QED) is 0.832. The number of anilines is 1. The maximum absolute atomic E-state index is 12.8. The van der Waals surface area contributed by atoms with E-state index in [1.807, 2.05) is 65.2 Å². The number of thioether (sulfide) groups is 1. The standard InChI is InChI=1S/C19H21ClN2OS/c20-16-8-5-15(6-9-16)18-13-24-12-11-22(18)19(23)10-7-14-3-1-2-4-17(14)21/h1-6,8-9,18H,7,10-13,21H2. The average molecular weight is 361 g/mol. The summed E-state index contributed by atoms with van der Waals surface area (Å²) in [6.07, 6.45) is 1.17. The van der Waals surface area contributed by atoms with Gasteiger partial charge in [-0.1, -0.05) is 41.9 Å². The van der Waals surface area contributed by atoms with Crippen LogP contribution in [0.1, 0.15) is 23.6 Å². The number of rotatable bonds is 4. The molecule has 24 heavy (non-hydrogen) atoms. The normalized spacial score (nSPS) is 17.7. The zero-order valence-electron chi connectivity index (χ0n) is 13.5. The second-order valence-electron chi connectivity index (χ2n) is 5.93. The van der Waals surface area contributed by atoms with Crippen LogP contribution in [0.5, 0.6) is 0 Å². The second-order valence-corrected chi connectivity index (χ2v) is 7.51. The van der Waals surface area contributed by atoms with Gasteiger partial charge in [0.05, 0.1) is 6.04 Å². The highest BCUT2D eigenvalue weighted by Crippen LogP contribution is 2.31. The van der Waals surface area contributed by atoms with E-state index < -0.39 is 0 Å². The minimum atomic E-state index is 0.127. The summed E-state index contributed by atoms with van der Waals surface area (Å²) in [5.41, 5.74) is 8.93. The Morgan fingerprint density at radius 1 is 1.21 bits per heavy atom. The lowest BCUT2D eigenvalue weighted by atomic mass is 10.0. The van der Waals surface area contributed by atoms with Gasteiger partial charge >= 0.3 is 0 Å². The molecule has 0 radical (unpaired) electrons. The van der Waals surface area contributed by atoms with Crippen LogP contribution in [0.15, 0.2) is 48.5 Å². The molecule has 1 fully saturated rings. The van der Waals surface area contributed by atoms with Crippen LogP contribution in [0, 0.1) is 0 Å². The lowest BCUT2D eigenvalue weighted by molar-refractivity contribution is -0.133. The molecular formula is C19H21ClN2OS. The van der Waals surface area contributed by atoms with E-state index >= 15 is 0 Å². The molecule has 3 rings (SSSR count). The molecule has 0 bridgehead atoms. The molecule has 1 saturated heterocycles. The maximum atomic E-state index is 12.8. The number of halogens is 1. The van der Waals surface area contributed by atoms with Gasteiger partial charge in [0.15, 0.2) is 0 Å². The Morgan fingerprint density at radius 3 is 2.71 bits per heavy atom. The molecule has 1 aliphatic heterocycles. The number of amides is 1. The van der Waals surface area contributed by atoms with Crippen molar-refractivity contribution >= 4 is 35.0 Å². The van der Waals surface area contributed by atoms with Crippen LogP contribution in [0.3, 0.4) is 0 Å². The molecule has 3 nitrogen and oxygen atoms in total. The number of benzene rings is 2. The summed E-state index contributed by atoms with van der Waals surface area (Å²) in [6.45, 7) is 0.793. The fraction of sp³-hybridized carbons (Fsp3) is 0.316. The monoisotopic (exact) mass is 360 g/mol. The lowest BCUT2D eigenvalue weighted by Crippen LogP contribution is -2.40. The maximum Gasteiger partial charge on any atom is 0.223 e. The van der Waals surface area contributed by atoms with Gasteiger partial charge in [-0.15, -0.1) is 0 Å². The number of carbonyl (C=O) groups excluding carboxylic acids is 1. The van der Waals surface area contributed by atoms with E-state index in [1.165, 1.54) is 0 Å². The van der Waals surface area contributed by atoms with Crippen molar-refractivity contribution in [3.8, 4) is 0 Å². The Hall–Kier alpha value is -1.65. The Labute approximate surface area is 152 Å². The van der Waals surface area contributed by atoms with Crippen molar-refractivity contribution in [3.63, 3.8) is 0 Å². The highest BCUT2D eigenvalue weighted by molar-refractivity contribution is 7.99. The molecule has 0 aliphatic carbocycles. The summed E-state index contributed by atoms with van der Waals surface area (Å²) in [5, 5.41) is 0.722. The number of hydrogen-bond acceptors (Lipinski definition) is 3. The van der Waals surface area contributed by atoms with Gasteiger partial charge < -0.3 is 10.6 Å². The van der Waals surface area contributed by atoms with Gasteiger partial charge in [0.2, 0.25) is 5.91 Å². The number of nitrogens with two attached hydrogens (primary N) is 1. The van der Waals surface area contributed by atoms with Gasteiger partial charge in [-0.25, -0.2) is 0 Å². The number of nitrogens with zero attached hydrogens (tertiary/aromatic N) is 1. The van der Waals surface area contributed by atoms with Crippen LogP contribution in [0.2, 0.25) is 5.02 Å². The van der Waals surface area contributed by atoms with Crippen molar-refractivity contribution in [2.75, 3.05) is 23.8 Å². The number of hydrogen-bond donors (Lipinski definition) is 1. The number of nitrogen functional groups attached to an aromatic ring is 1. The van der Waals surface area contributed by atoms with Crippen LogP contribution in [-0.4, -0.2) is 28.9 Å². The Bertz CT molecular complexity index is 705. The first-order valence-corrected chi connectivity index (χ1v) is 9.64. The number of aryl methyl sites for hydroxylation is 1. The Balaban J connectivity index is 1.69. The fourth-order valence-electron chi connectivity index (χ4n) is 3.01. The summed E-state index contributed by atoms with van der Waals surface area (Å²) in [6, 6.07) is 15.7. The number of para-hydroxylation sites is 1. The van der Waals surface area contributed by atoms with Crippen molar-refractivity contribution in [3.05, 3.63) is 64.7 Å². The molecule has 1 heterocycles. The summed E-state index contributed by atoms with van der Waals surface area (Å²) < 4.78 is 0. The number of carbonyl (C=O) groups is 1. The summed E-state index contributed by atoms with van der Waals surface area (Å²) in [5.74, 6) is 2.11. The topological polar surface area (TPSA) is 46.3 Å². The molecule has 0 spiro atoms. The predicted octanol–water partition coefficient (Wildman–Crippen LogP) is 4.17. The van der Waals surface area contributed by atoms with Gasteiger partial charge in [-0.2, -0.15) is 11.8 Å². The Kier molecular flexibility index (Phi) is 5.69. The average Bonchev–Trinajstić information content (AvgIpc) is 2.61. The highest BCUT2D eigenvalue weighted by Gasteiger charge is 2.28. The van der Waals surface area contributed by atoms with Crippen molar-refractivity contribution < 1.29 is 4.79 Å². The zero-order chi connectivity index (χ0) is 16.9. The smallest absolute Gasteiger partial charge is 0.223 e. The van der Waals surface area contributed by atoms with Crippen LogP contribution in [-0.2, 0) is 11.2 Å². The van der Waals surface area contributed by atoms with E-state index in [0.29, 0.717) is 12.8 Å². The molecule has 1 atom stereocenters. The SMILES string of the molecule is Nc1ccccc1CCC(=O)N1CCSCC1c1ccc(Cl)cc1. The molecule has 2 N–H and O–H groups in total. The zero-order valence-corrected chi connectivity index (χ0v) is 15.0. The first-order valence-electron chi connectivity index (χ1n) is 8.11. The molecular weight excluding hydrogens is 340 g/mol. The largest absolute Gasteiger partial charge is 0.399 e. The first kappa shape index (κ1) is 17.2. The van der Waals surface area contributed by atoms with Crippen molar-refractivity contribution in [2.24, 2.45) is 0 Å². The van der Waals surface area contributed by atoms with E-state index in [2.05, 4.69) is 0 Å². The van der Waals surface area contributed by atoms with Gasteiger partial charge in [0, 0.05) is 35.2 Å². The summed E-state index contributed by atoms with van der Waals surface area (Å²) in [7, 11) is 0. The third-order valence-electron chi connectivity index (χ3n) is 4.37. The molecule has 126 valence electrons. The van der Waals surface area contributed by atoms with Crippen molar-refractivity contribution in [2.45, 2.75) is 18.9 Å². The predicted molar refractivity (Wildman–Crippen MR) is 102 cm³/mol. The van der Waals surface area contributed by atoms with E-state index in [9.17, 15) is 4.79 Å². The van der Waals surface area contributed by atoms with Crippen LogP contribution >= 0.6 is 23.4 Å². The third kappa shape index (κ3) is 4.05. The van der Waals surface area contributed by atoms with Gasteiger partial charge in [-0.05, 0) is 35.7 Å². The lowest BCUT2D eigenvalue weighted by Gasteiger charge is -2.36. The fourth-order valence-corrected chi connectivity index (χ4v) is 4.22. The van der Waals surface area contributed by atoms with E-state index in [-0.39, 0.29) is 11.9 Å². The Morgan fingerprint density at radius 2 is 1.96 bits per heavy atom. The minimum Gasteiger partial charge on any atom is -0.399 e. The van der Waals surface area contributed by atoms with E-state index in [1.54, 1.807) is 0 Å². The van der Waals surface area contributed by atoms with Crippen LogP contribution in [0.4, 0.5) is 5.69 Å². The minimum absolute atomic E-state index is 0.127. The van der Waals surface area contributed by atoms with Gasteiger partial charge in [0.25, 0.3) is 0 Å². The second kappa shape index (κ2) is 7.95. The van der Waals surface area contributed by atoms with Gasteiger partial charge in [-0.3, -0.25) is 4.79 Å². The molecule has 5 heteroatoms. The van der Waals surface area contributed by atoms with E-state index in [0.717, 1.165) is 39.9 Å². The molecule has 1 aliphatic rings. The first-order chi connectivity index (χ1) is 11.6. The highest BCUT2D eigenvalue weighted by atomic mass is 35.5. The summed E-state index contributed by atoms with van der Waals surface area (Å²) >= 11 is 7.88. The van der Waals surface area contributed by atoms with Gasteiger partial charge in [0.1, 0.15) is 0 Å². The van der Waals surface area contributed by atoms with E-state index in [4.69, 9.17) is 17.3 Å². The molecule has 1 unspecified atom stereocenters. The van der Waals surface area contributed by atoms with Crippen LogP contribution < -0.4 is 5.73 Å². The third-order valence-corrected chi connectivity index (χ3v) is 5.64. The molecule has 1 amide bonds. The summed E-state index contributed by atoms with van der Waals surface area (Å²) in [4.78, 5) is 14.8. The van der Waals surface area contributed by atoms with Crippen molar-refractivity contribution in [1.82, 2.24) is 4.90 Å². The molecule has 2 aromatic rings. The molecule has 0 saturated carbocycles. The molecule has 2 aromatic carbocycles. The molecule has 0 aromatic heterocycles. The van der Waals surface area contributed by atoms with Crippen molar-refractivity contribution in [1.29, 1.82) is 0 Å².